The molecule has 0 aliphatic carbocycles. The van der Waals surface area contributed by atoms with Crippen molar-refractivity contribution in [2.75, 3.05) is 6.54 Å². The summed E-state index contributed by atoms with van der Waals surface area (Å²) in [4.78, 5) is 15.9. The Morgan fingerprint density at radius 2 is 2.33 bits per heavy atom. The number of hydrogen-bond donors (Lipinski definition) is 1. The quantitative estimate of drug-likeness (QED) is 0.897. The summed E-state index contributed by atoms with van der Waals surface area (Å²) in [7, 11) is 0. The molecule has 2 heterocycles. The number of nitrogens with zero attached hydrogens (tertiary/aromatic N) is 2. The molecular weight excluding hydrogens is 246 g/mol. The van der Waals surface area contributed by atoms with Crippen LogP contribution in [0, 0.1) is 6.92 Å². The summed E-state index contributed by atoms with van der Waals surface area (Å²) in [6.07, 6.45) is 1.81. The lowest BCUT2D eigenvalue weighted by atomic mass is 10.3. The standard InChI is InChI=1S/C13H17N3OS/c1-10-9-18-13(15-10)11(2)14-6-8-16-7-4-3-5-12(16)17/h3-5,7,9,11,14H,6,8H2,1-2H3. The zero-order chi connectivity index (χ0) is 13.0. The summed E-state index contributed by atoms with van der Waals surface area (Å²) in [6, 6.07) is 5.43. The van der Waals surface area contributed by atoms with Gasteiger partial charge < -0.3 is 9.88 Å². The molecule has 96 valence electrons. The van der Waals surface area contributed by atoms with E-state index in [9.17, 15) is 4.79 Å². The lowest BCUT2D eigenvalue weighted by Gasteiger charge is -2.11. The van der Waals surface area contributed by atoms with Gasteiger partial charge in [0, 0.05) is 36.4 Å². The molecule has 2 rings (SSSR count). The Morgan fingerprint density at radius 3 is 3.00 bits per heavy atom. The van der Waals surface area contributed by atoms with Crippen LogP contribution < -0.4 is 10.9 Å². The topological polar surface area (TPSA) is 46.9 Å². The highest BCUT2D eigenvalue weighted by molar-refractivity contribution is 7.09. The monoisotopic (exact) mass is 263 g/mol. The maximum Gasteiger partial charge on any atom is 0.250 e. The van der Waals surface area contributed by atoms with Gasteiger partial charge in [-0.3, -0.25) is 4.79 Å². The van der Waals surface area contributed by atoms with Crippen LogP contribution in [0.4, 0.5) is 0 Å². The van der Waals surface area contributed by atoms with E-state index in [0.717, 1.165) is 17.2 Å². The molecule has 4 nitrogen and oxygen atoms in total. The molecule has 5 heteroatoms. The molecule has 1 atom stereocenters. The average molecular weight is 263 g/mol. The number of hydrogen-bond acceptors (Lipinski definition) is 4. The van der Waals surface area contributed by atoms with Gasteiger partial charge in [-0.05, 0) is 19.9 Å². The molecule has 2 aromatic rings. The van der Waals surface area contributed by atoms with Crippen molar-refractivity contribution in [1.82, 2.24) is 14.9 Å². The SMILES string of the molecule is Cc1csc(C(C)NCCn2ccccc2=O)n1. The minimum atomic E-state index is 0.0389. The number of thiazole rings is 1. The lowest BCUT2D eigenvalue weighted by Crippen LogP contribution is -2.27. The number of aromatic nitrogens is 2. The van der Waals surface area contributed by atoms with Crippen molar-refractivity contribution in [3.63, 3.8) is 0 Å². The van der Waals surface area contributed by atoms with E-state index in [1.807, 2.05) is 19.2 Å². The highest BCUT2D eigenvalue weighted by Gasteiger charge is 2.08. The van der Waals surface area contributed by atoms with Crippen molar-refractivity contribution in [2.45, 2.75) is 26.4 Å². The van der Waals surface area contributed by atoms with Crippen LogP contribution in [0.25, 0.3) is 0 Å². The lowest BCUT2D eigenvalue weighted by molar-refractivity contribution is 0.522. The Balaban J connectivity index is 1.86. The van der Waals surface area contributed by atoms with Gasteiger partial charge in [0.1, 0.15) is 5.01 Å². The molecule has 0 radical (unpaired) electrons. The first-order valence-corrected chi connectivity index (χ1v) is 6.85. The largest absolute Gasteiger partial charge is 0.314 e. The van der Waals surface area contributed by atoms with Gasteiger partial charge >= 0.3 is 0 Å². The Morgan fingerprint density at radius 1 is 1.50 bits per heavy atom. The van der Waals surface area contributed by atoms with Crippen molar-refractivity contribution in [2.24, 2.45) is 0 Å². The van der Waals surface area contributed by atoms with Gasteiger partial charge in [-0.25, -0.2) is 4.98 Å². The third kappa shape index (κ3) is 3.27. The Hall–Kier alpha value is -1.46. The van der Waals surface area contributed by atoms with Crippen LogP contribution in [0.5, 0.6) is 0 Å². The van der Waals surface area contributed by atoms with Crippen molar-refractivity contribution in [3.8, 4) is 0 Å². The maximum atomic E-state index is 11.5. The summed E-state index contributed by atoms with van der Waals surface area (Å²) in [5.74, 6) is 0. The molecule has 0 aliphatic heterocycles. The molecule has 1 N–H and O–H groups in total. The van der Waals surface area contributed by atoms with Gasteiger partial charge in [0.15, 0.2) is 0 Å². The molecule has 1 unspecified atom stereocenters. The fourth-order valence-corrected chi connectivity index (χ4v) is 2.53. The molecule has 0 bridgehead atoms. The first-order valence-electron chi connectivity index (χ1n) is 5.97. The highest BCUT2D eigenvalue weighted by atomic mass is 32.1. The number of nitrogens with one attached hydrogen (secondary N) is 1. The predicted molar refractivity (Wildman–Crippen MR) is 74.0 cm³/mol. The van der Waals surface area contributed by atoms with Gasteiger partial charge in [-0.1, -0.05) is 6.07 Å². The molecule has 0 saturated heterocycles. The van der Waals surface area contributed by atoms with Crippen LogP contribution in [0.1, 0.15) is 23.7 Å². The zero-order valence-electron chi connectivity index (χ0n) is 10.6. The molecule has 0 fully saturated rings. The van der Waals surface area contributed by atoms with Crippen LogP contribution in [-0.4, -0.2) is 16.1 Å². The number of pyridine rings is 1. The molecule has 0 aromatic carbocycles. The van der Waals surface area contributed by atoms with E-state index in [-0.39, 0.29) is 11.6 Å². The fraction of sp³-hybridized carbons (Fsp3) is 0.385. The van der Waals surface area contributed by atoms with E-state index < -0.39 is 0 Å². The Labute approximate surface area is 110 Å². The van der Waals surface area contributed by atoms with E-state index in [0.29, 0.717) is 6.54 Å². The number of rotatable bonds is 5. The predicted octanol–water partition coefficient (Wildman–Crippen LogP) is 1.96. The van der Waals surface area contributed by atoms with E-state index in [4.69, 9.17) is 0 Å². The molecule has 0 amide bonds. The third-order valence-corrected chi connectivity index (χ3v) is 3.85. The molecule has 0 aliphatic rings. The zero-order valence-corrected chi connectivity index (χ0v) is 11.4. The summed E-state index contributed by atoms with van der Waals surface area (Å²) in [6.45, 7) is 5.51. The molecular formula is C13H17N3OS. The Kier molecular flexibility index (Phi) is 4.28. The van der Waals surface area contributed by atoms with E-state index in [1.54, 1.807) is 28.0 Å². The summed E-state index contributed by atoms with van der Waals surface area (Å²) >= 11 is 1.66. The second-order valence-corrected chi connectivity index (χ2v) is 5.12. The third-order valence-electron chi connectivity index (χ3n) is 2.71. The molecule has 2 aromatic heterocycles. The Bertz CT molecular complexity index is 561. The van der Waals surface area contributed by atoms with E-state index in [1.165, 1.54) is 0 Å². The van der Waals surface area contributed by atoms with E-state index in [2.05, 4.69) is 22.6 Å². The van der Waals surface area contributed by atoms with Crippen LogP contribution in [0.2, 0.25) is 0 Å². The van der Waals surface area contributed by atoms with Gasteiger partial charge in [0.05, 0.1) is 6.04 Å². The summed E-state index contributed by atoms with van der Waals surface area (Å²) in [5, 5.41) is 6.52. The van der Waals surface area contributed by atoms with E-state index >= 15 is 0 Å². The van der Waals surface area contributed by atoms with Crippen LogP contribution >= 0.6 is 11.3 Å². The minimum absolute atomic E-state index is 0.0389. The summed E-state index contributed by atoms with van der Waals surface area (Å²) < 4.78 is 1.70. The maximum absolute atomic E-state index is 11.5. The summed E-state index contributed by atoms with van der Waals surface area (Å²) in [5.41, 5.74) is 1.10. The van der Waals surface area contributed by atoms with Gasteiger partial charge in [0.2, 0.25) is 0 Å². The average Bonchev–Trinajstić information content (AvgIpc) is 2.78. The fourth-order valence-electron chi connectivity index (χ4n) is 1.71. The first-order chi connectivity index (χ1) is 8.66. The second kappa shape index (κ2) is 5.93. The van der Waals surface area contributed by atoms with Crippen molar-refractivity contribution < 1.29 is 0 Å². The van der Waals surface area contributed by atoms with Crippen LogP contribution in [0.3, 0.4) is 0 Å². The second-order valence-electron chi connectivity index (χ2n) is 4.24. The van der Waals surface area contributed by atoms with Gasteiger partial charge in [-0.2, -0.15) is 0 Å². The van der Waals surface area contributed by atoms with Crippen LogP contribution in [-0.2, 0) is 6.54 Å². The molecule has 0 saturated carbocycles. The normalized spacial score (nSPS) is 12.6. The van der Waals surface area contributed by atoms with Crippen molar-refractivity contribution in [1.29, 1.82) is 0 Å². The van der Waals surface area contributed by atoms with Crippen LogP contribution in [0.15, 0.2) is 34.6 Å². The molecule has 0 spiro atoms. The minimum Gasteiger partial charge on any atom is -0.314 e. The smallest absolute Gasteiger partial charge is 0.250 e. The van der Waals surface area contributed by atoms with Gasteiger partial charge in [-0.15, -0.1) is 11.3 Å². The first kappa shape index (κ1) is 13.0. The highest BCUT2D eigenvalue weighted by Crippen LogP contribution is 2.16. The van der Waals surface area contributed by atoms with Crippen molar-refractivity contribution >= 4 is 11.3 Å². The molecule has 18 heavy (non-hydrogen) atoms. The van der Waals surface area contributed by atoms with Crippen molar-refractivity contribution in [3.05, 3.63) is 50.8 Å². The van der Waals surface area contributed by atoms with Gasteiger partial charge in [0.25, 0.3) is 5.56 Å². The number of aryl methyl sites for hydroxylation is 1.